The number of carbonyl (C=O) groups excluding carboxylic acids is 4. The highest BCUT2D eigenvalue weighted by molar-refractivity contribution is 14.1. The normalized spacial score (nSPS) is 20.3. The minimum atomic E-state index is -0.419. The van der Waals surface area contributed by atoms with E-state index in [-0.39, 0.29) is 50.1 Å². The lowest BCUT2D eigenvalue weighted by molar-refractivity contribution is -0.143. The minimum Gasteiger partial charge on any atom is -0.493 e. The SMILES string of the molecule is CC1=C(C(=O)OCc2ccc(OCCI)cc2)[C@@H](c2ccc(Cl)cc2)CC(=O)N1C[C@@H]1CCCO1.CC1=C(C(=O)OCc2ccc(OCCI)cc2)[C@H](c2ccc(Cl)cc2)CC(=O)N1C[C@H]1CCCO1. The van der Waals surface area contributed by atoms with E-state index in [0.29, 0.717) is 72.1 Å². The van der Waals surface area contributed by atoms with Crippen LogP contribution in [0.15, 0.2) is 120 Å². The van der Waals surface area contributed by atoms with Crippen molar-refractivity contribution in [3.05, 3.63) is 152 Å². The van der Waals surface area contributed by atoms with Crippen molar-refractivity contribution in [3.63, 3.8) is 0 Å². The molecule has 0 saturated carbocycles. The molecule has 2 saturated heterocycles. The molecule has 2 fully saturated rings. The van der Waals surface area contributed by atoms with Crippen molar-refractivity contribution >= 4 is 92.1 Å². The van der Waals surface area contributed by atoms with E-state index >= 15 is 0 Å². The third-order valence-electron chi connectivity index (χ3n) is 12.7. The fourth-order valence-electron chi connectivity index (χ4n) is 9.07. The molecule has 16 heteroatoms. The first-order valence-corrected chi connectivity index (χ1v) is 27.4. The van der Waals surface area contributed by atoms with Gasteiger partial charge in [-0.2, -0.15) is 0 Å². The number of hydrogen-bond donors (Lipinski definition) is 0. The first kappa shape index (κ1) is 53.6. The summed E-state index contributed by atoms with van der Waals surface area (Å²) < 4.78 is 36.1. The molecule has 0 unspecified atom stereocenters. The van der Waals surface area contributed by atoms with Gasteiger partial charge < -0.3 is 38.2 Å². The first-order valence-electron chi connectivity index (χ1n) is 23.6. The molecule has 4 aromatic rings. The molecule has 372 valence electrons. The molecular weight excluding hydrogens is 1160 g/mol. The number of allylic oxidation sites excluding steroid dienone is 2. The summed E-state index contributed by atoms with van der Waals surface area (Å²) in [6.45, 7) is 7.53. The molecule has 0 aromatic heterocycles. The average molecular weight is 1220 g/mol. The topological polar surface area (TPSA) is 130 Å². The molecule has 4 atom stereocenters. The van der Waals surface area contributed by atoms with Gasteiger partial charge in [-0.3, -0.25) is 9.59 Å². The molecule has 0 aliphatic carbocycles. The Labute approximate surface area is 447 Å². The van der Waals surface area contributed by atoms with E-state index in [0.717, 1.165) is 68.3 Å². The van der Waals surface area contributed by atoms with Crippen LogP contribution in [0.25, 0.3) is 0 Å². The fraction of sp³-hybridized carbons (Fsp3) is 0.407. The van der Waals surface area contributed by atoms with Crippen LogP contribution in [-0.4, -0.2) is 94.1 Å². The van der Waals surface area contributed by atoms with E-state index in [1.54, 1.807) is 34.1 Å². The number of benzene rings is 4. The molecule has 4 aliphatic rings. The van der Waals surface area contributed by atoms with Crippen molar-refractivity contribution in [1.82, 2.24) is 9.80 Å². The Morgan fingerprint density at radius 2 is 0.957 bits per heavy atom. The molecule has 0 bridgehead atoms. The maximum Gasteiger partial charge on any atom is 0.336 e. The van der Waals surface area contributed by atoms with Crippen molar-refractivity contribution in [2.45, 2.75) is 89.6 Å². The highest BCUT2D eigenvalue weighted by Crippen LogP contribution is 2.40. The van der Waals surface area contributed by atoms with Crippen molar-refractivity contribution in [3.8, 4) is 11.5 Å². The lowest BCUT2D eigenvalue weighted by atomic mass is 9.83. The summed E-state index contributed by atoms with van der Waals surface area (Å²) in [4.78, 5) is 56.5. The van der Waals surface area contributed by atoms with Crippen molar-refractivity contribution in [2.75, 3.05) is 48.4 Å². The Bertz CT molecular complexity index is 2300. The molecule has 12 nitrogen and oxygen atoms in total. The van der Waals surface area contributed by atoms with Crippen LogP contribution >= 0.6 is 68.4 Å². The minimum absolute atomic E-state index is 0.00816. The van der Waals surface area contributed by atoms with Gasteiger partial charge in [0.05, 0.1) is 49.7 Å². The van der Waals surface area contributed by atoms with E-state index in [1.165, 1.54) is 0 Å². The van der Waals surface area contributed by atoms with Crippen molar-refractivity contribution < 1.29 is 47.6 Å². The van der Waals surface area contributed by atoms with Gasteiger partial charge in [0.25, 0.3) is 0 Å². The van der Waals surface area contributed by atoms with Crippen LogP contribution < -0.4 is 9.47 Å². The predicted molar refractivity (Wildman–Crippen MR) is 286 cm³/mol. The van der Waals surface area contributed by atoms with Gasteiger partial charge in [-0.1, -0.05) is 117 Å². The summed E-state index contributed by atoms with van der Waals surface area (Å²) in [5.74, 6) is -0.0836. The lowest BCUT2D eigenvalue weighted by Gasteiger charge is -2.35. The summed E-state index contributed by atoms with van der Waals surface area (Å²) in [5.41, 5.74) is 5.73. The van der Waals surface area contributed by atoms with E-state index in [4.69, 9.17) is 51.6 Å². The zero-order chi connectivity index (χ0) is 49.6. The van der Waals surface area contributed by atoms with Gasteiger partial charge in [0.1, 0.15) is 24.7 Å². The largest absolute Gasteiger partial charge is 0.493 e. The third-order valence-corrected chi connectivity index (χ3v) is 14.1. The maximum atomic E-state index is 13.4. The molecule has 0 radical (unpaired) electrons. The van der Waals surface area contributed by atoms with Gasteiger partial charge in [-0.05, 0) is 110 Å². The van der Waals surface area contributed by atoms with Crippen molar-refractivity contribution in [2.24, 2.45) is 0 Å². The van der Waals surface area contributed by atoms with E-state index < -0.39 is 23.8 Å². The second-order valence-electron chi connectivity index (χ2n) is 17.4. The van der Waals surface area contributed by atoms with Gasteiger partial charge in [0, 0.05) is 68.2 Å². The van der Waals surface area contributed by atoms with Crippen LogP contribution in [0.1, 0.15) is 86.5 Å². The smallest absolute Gasteiger partial charge is 0.336 e. The molecule has 4 aliphatic heterocycles. The number of esters is 2. The molecule has 4 heterocycles. The van der Waals surface area contributed by atoms with Gasteiger partial charge in [-0.25, -0.2) is 9.59 Å². The molecule has 0 N–H and O–H groups in total. The van der Waals surface area contributed by atoms with E-state index in [2.05, 4.69) is 45.2 Å². The number of nitrogens with zero attached hydrogens (tertiary/aromatic N) is 2. The summed E-state index contributed by atoms with van der Waals surface area (Å²) in [6.07, 6.45) is 4.17. The number of carbonyl (C=O) groups is 4. The quantitative estimate of drug-likeness (QED) is 0.0539. The molecule has 4 aromatic carbocycles. The van der Waals surface area contributed by atoms with Crippen LogP contribution in [0.2, 0.25) is 10.0 Å². The van der Waals surface area contributed by atoms with Crippen molar-refractivity contribution in [1.29, 1.82) is 0 Å². The summed E-state index contributed by atoms with van der Waals surface area (Å²) in [6, 6.07) is 29.6. The zero-order valence-electron chi connectivity index (χ0n) is 39.3. The van der Waals surface area contributed by atoms with Crippen LogP contribution in [0.3, 0.4) is 0 Å². The number of halogens is 4. The summed E-state index contributed by atoms with van der Waals surface area (Å²) in [7, 11) is 0. The summed E-state index contributed by atoms with van der Waals surface area (Å²) in [5, 5.41) is 1.21. The number of rotatable bonds is 18. The standard InChI is InChI=1S/2C27H29ClINO5/c2*1-18-26(27(32)35-17-19-4-10-22(11-5-19)34-14-12-29)24(20-6-8-21(28)9-7-20)15-25(31)30(18)16-23-3-2-13-33-23/h2*4-11,23-24H,2-3,12-17H2,1H3/t2*23-,24+/m10/s1. The number of amides is 2. The van der Waals surface area contributed by atoms with Gasteiger partial charge in [0.2, 0.25) is 11.8 Å². The predicted octanol–water partition coefficient (Wildman–Crippen LogP) is 11.3. The monoisotopic (exact) mass is 1220 g/mol. The third kappa shape index (κ3) is 14.5. The second kappa shape index (κ2) is 26.5. The molecule has 0 spiro atoms. The molecule has 2 amide bonds. The average Bonchev–Trinajstić information content (AvgIpc) is 4.10. The second-order valence-corrected chi connectivity index (χ2v) is 20.4. The Balaban J connectivity index is 0.000000206. The first-order chi connectivity index (χ1) is 33.9. The van der Waals surface area contributed by atoms with E-state index in [9.17, 15) is 19.2 Å². The van der Waals surface area contributed by atoms with Crippen LogP contribution in [0.5, 0.6) is 11.5 Å². The number of hydrogen-bond acceptors (Lipinski definition) is 10. The van der Waals surface area contributed by atoms with Gasteiger partial charge in [0.15, 0.2) is 0 Å². The molecule has 70 heavy (non-hydrogen) atoms. The number of ether oxygens (including phenoxy) is 6. The Morgan fingerprint density at radius 1 is 0.586 bits per heavy atom. The van der Waals surface area contributed by atoms with Gasteiger partial charge >= 0.3 is 11.9 Å². The van der Waals surface area contributed by atoms with Crippen LogP contribution in [-0.2, 0) is 51.3 Å². The highest BCUT2D eigenvalue weighted by atomic mass is 127. The molecular formula is C54H58Cl2I2N2O10. The van der Waals surface area contributed by atoms with Crippen LogP contribution in [0.4, 0.5) is 0 Å². The van der Waals surface area contributed by atoms with Gasteiger partial charge in [-0.15, -0.1) is 0 Å². The Morgan fingerprint density at radius 3 is 1.29 bits per heavy atom. The number of alkyl halides is 2. The lowest BCUT2D eigenvalue weighted by Crippen LogP contribution is -2.42. The highest BCUT2D eigenvalue weighted by Gasteiger charge is 2.40. The zero-order valence-corrected chi connectivity index (χ0v) is 45.2. The van der Waals surface area contributed by atoms with Crippen LogP contribution in [0, 0.1) is 0 Å². The summed E-state index contributed by atoms with van der Waals surface area (Å²) >= 11 is 16.7. The maximum absolute atomic E-state index is 13.4. The Hall–Kier alpha value is -4.20. The van der Waals surface area contributed by atoms with E-state index in [1.807, 2.05) is 86.6 Å². The molecule has 8 rings (SSSR count). The Kier molecular flexibility index (Phi) is 20.3. The fourth-order valence-corrected chi connectivity index (χ4v) is 9.77.